The molecule has 0 saturated carbocycles. The fraction of sp³-hybridized carbons (Fsp3) is 0.417. The molecule has 0 unspecified atom stereocenters. The normalized spacial score (nSPS) is 14.9. The molecule has 0 aromatic rings. The van der Waals surface area contributed by atoms with E-state index in [9.17, 15) is 0 Å². The quantitative estimate of drug-likeness (QED) is 0.397. The number of nitrogens with one attached hydrogen (secondary N) is 1. The van der Waals surface area contributed by atoms with Crippen LogP contribution in [0.25, 0.3) is 0 Å². The molecule has 0 spiro atoms. The van der Waals surface area contributed by atoms with Crippen LogP contribution in [0.3, 0.4) is 0 Å². The lowest BCUT2D eigenvalue weighted by Gasteiger charge is -2.06. The van der Waals surface area contributed by atoms with E-state index in [2.05, 4.69) is 39.5 Å². The molecule has 0 aliphatic carbocycles. The van der Waals surface area contributed by atoms with E-state index in [0.717, 1.165) is 5.57 Å². The number of thiol groups is 1. The van der Waals surface area contributed by atoms with E-state index in [1.54, 1.807) is 5.41 Å². The topological polar surface area (TPSA) is 23.9 Å². The first-order chi connectivity index (χ1) is 6.52. The zero-order valence-corrected chi connectivity index (χ0v) is 10.2. The van der Waals surface area contributed by atoms with Gasteiger partial charge in [0.25, 0.3) is 0 Å². The van der Waals surface area contributed by atoms with Crippen LogP contribution in [-0.4, -0.2) is 6.21 Å². The first kappa shape index (κ1) is 13.2. The number of rotatable bonds is 4. The lowest BCUT2D eigenvalue weighted by atomic mass is 10.00. The second-order valence-electron chi connectivity index (χ2n) is 3.63. The molecule has 1 N–H and O–H groups in total. The zero-order chi connectivity index (χ0) is 11.1. The molecular formula is C12H19NS. The Bertz CT molecular complexity index is 283. The summed E-state index contributed by atoms with van der Waals surface area (Å²) in [7, 11) is 0. The maximum absolute atomic E-state index is 7.28. The van der Waals surface area contributed by atoms with Gasteiger partial charge in [0.05, 0.1) is 0 Å². The Kier molecular flexibility index (Phi) is 6.30. The molecule has 0 aliphatic rings. The summed E-state index contributed by atoms with van der Waals surface area (Å²) in [4.78, 5) is 0. The van der Waals surface area contributed by atoms with E-state index in [1.165, 1.54) is 17.4 Å². The van der Waals surface area contributed by atoms with Crippen LogP contribution in [0.2, 0.25) is 0 Å². The average Bonchev–Trinajstić information content (AvgIpc) is 2.13. The van der Waals surface area contributed by atoms with Gasteiger partial charge in [-0.2, -0.15) is 12.6 Å². The van der Waals surface area contributed by atoms with Crippen molar-refractivity contribution in [1.29, 1.82) is 5.41 Å². The maximum Gasteiger partial charge on any atom is 0.0212 e. The Labute approximate surface area is 92.5 Å². The monoisotopic (exact) mass is 209 g/mol. The van der Waals surface area contributed by atoms with Crippen LogP contribution in [0.15, 0.2) is 34.3 Å². The van der Waals surface area contributed by atoms with Crippen LogP contribution in [0, 0.1) is 11.3 Å². The van der Waals surface area contributed by atoms with Gasteiger partial charge >= 0.3 is 0 Å². The molecule has 0 aromatic heterocycles. The Morgan fingerprint density at radius 2 is 1.79 bits per heavy atom. The van der Waals surface area contributed by atoms with E-state index >= 15 is 0 Å². The highest BCUT2D eigenvalue weighted by Gasteiger charge is 1.99. The molecule has 0 aromatic carbocycles. The number of hydrogen-bond donors (Lipinski definition) is 2. The van der Waals surface area contributed by atoms with E-state index in [0.29, 0.717) is 5.92 Å². The first-order valence-electron chi connectivity index (χ1n) is 4.73. The summed E-state index contributed by atoms with van der Waals surface area (Å²) < 4.78 is 0. The van der Waals surface area contributed by atoms with Gasteiger partial charge in [-0.1, -0.05) is 26.0 Å². The molecule has 1 nitrogen and oxygen atoms in total. The predicted molar refractivity (Wildman–Crippen MR) is 68.2 cm³/mol. The van der Waals surface area contributed by atoms with E-state index in [1.807, 2.05) is 13.0 Å². The third-order valence-corrected chi connectivity index (χ3v) is 2.31. The van der Waals surface area contributed by atoms with Crippen LogP contribution >= 0.6 is 12.6 Å². The molecule has 78 valence electrons. The summed E-state index contributed by atoms with van der Waals surface area (Å²) >= 11 is 4.03. The van der Waals surface area contributed by atoms with Crippen molar-refractivity contribution >= 4 is 18.8 Å². The lowest BCUT2D eigenvalue weighted by molar-refractivity contribution is 0.804. The SMILES string of the molecule is CC(/C=C\S)=C(C)\C=C(\C=N)C(C)C. The number of hydrogen-bond acceptors (Lipinski definition) is 2. The average molecular weight is 209 g/mol. The van der Waals surface area contributed by atoms with Crippen LogP contribution in [0.4, 0.5) is 0 Å². The number of allylic oxidation sites excluding steroid dienone is 5. The Balaban J connectivity index is 4.95. The molecule has 0 atom stereocenters. The standard InChI is InChI=1S/C12H19NS/c1-9(2)12(8-13)7-11(4)10(3)5-6-14/h5-9,13-14H,1-4H3/b6-5-,11-10+,12-7-,13-8?. The molecule has 2 heteroatoms. The molecule has 0 radical (unpaired) electrons. The second-order valence-corrected chi connectivity index (χ2v) is 3.92. The minimum absolute atomic E-state index is 0.398. The van der Waals surface area contributed by atoms with Crippen molar-refractivity contribution in [2.75, 3.05) is 0 Å². The van der Waals surface area contributed by atoms with Crippen molar-refractivity contribution in [3.05, 3.63) is 34.3 Å². The fourth-order valence-corrected chi connectivity index (χ4v) is 1.21. The highest BCUT2D eigenvalue weighted by molar-refractivity contribution is 7.83. The van der Waals surface area contributed by atoms with Gasteiger partial charge in [0.2, 0.25) is 0 Å². The molecule has 0 heterocycles. The van der Waals surface area contributed by atoms with Crippen LogP contribution in [-0.2, 0) is 0 Å². The first-order valence-corrected chi connectivity index (χ1v) is 5.24. The van der Waals surface area contributed by atoms with E-state index in [-0.39, 0.29) is 0 Å². The van der Waals surface area contributed by atoms with Crippen molar-refractivity contribution in [1.82, 2.24) is 0 Å². The Morgan fingerprint density at radius 3 is 2.14 bits per heavy atom. The van der Waals surface area contributed by atoms with Gasteiger partial charge in [-0.05, 0) is 41.9 Å². The van der Waals surface area contributed by atoms with Crippen molar-refractivity contribution in [2.24, 2.45) is 5.92 Å². The van der Waals surface area contributed by atoms with Crippen molar-refractivity contribution in [3.8, 4) is 0 Å². The van der Waals surface area contributed by atoms with Gasteiger partial charge in [-0.25, -0.2) is 0 Å². The fourth-order valence-electron chi connectivity index (χ4n) is 0.982. The minimum atomic E-state index is 0.398. The molecule has 14 heavy (non-hydrogen) atoms. The smallest absolute Gasteiger partial charge is 0.0212 e. The molecular weight excluding hydrogens is 190 g/mol. The van der Waals surface area contributed by atoms with Gasteiger partial charge in [0.1, 0.15) is 0 Å². The second kappa shape index (κ2) is 6.66. The predicted octanol–water partition coefficient (Wildman–Crippen LogP) is 4.00. The van der Waals surface area contributed by atoms with Gasteiger partial charge in [0, 0.05) is 6.21 Å². The summed E-state index contributed by atoms with van der Waals surface area (Å²) in [5.41, 5.74) is 3.41. The summed E-state index contributed by atoms with van der Waals surface area (Å²) in [6.07, 6.45) is 5.43. The van der Waals surface area contributed by atoms with Crippen LogP contribution < -0.4 is 0 Å². The molecule has 0 aliphatic heterocycles. The lowest BCUT2D eigenvalue weighted by Crippen LogP contribution is -1.95. The minimum Gasteiger partial charge on any atom is -0.308 e. The van der Waals surface area contributed by atoms with E-state index in [4.69, 9.17) is 5.41 Å². The zero-order valence-electron chi connectivity index (χ0n) is 9.33. The van der Waals surface area contributed by atoms with Crippen molar-refractivity contribution in [2.45, 2.75) is 27.7 Å². The molecule has 0 bridgehead atoms. The summed E-state index contributed by atoms with van der Waals surface area (Å²) in [5, 5.41) is 9.01. The van der Waals surface area contributed by atoms with Gasteiger partial charge in [0.15, 0.2) is 0 Å². The highest BCUT2D eigenvalue weighted by Crippen LogP contribution is 2.13. The Morgan fingerprint density at radius 1 is 1.21 bits per heavy atom. The van der Waals surface area contributed by atoms with Crippen molar-refractivity contribution < 1.29 is 0 Å². The maximum atomic E-state index is 7.28. The highest BCUT2D eigenvalue weighted by atomic mass is 32.1. The van der Waals surface area contributed by atoms with Crippen molar-refractivity contribution in [3.63, 3.8) is 0 Å². The molecule has 0 fully saturated rings. The molecule has 0 amide bonds. The van der Waals surface area contributed by atoms with E-state index < -0.39 is 0 Å². The summed E-state index contributed by atoms with van der Waals surface area (Å²) in [5.74, 6) is 0.398. The molecule has 0 rings (SSSR count). The Hall–Kier alpha value is -0.760. The molecule has 0 saturated heterocycles. The largest absolute Gasteiger partial charge is 0.308 e. The summed E-state index contributed by atoms with van der Waals surface area (Å²) in [6.45, 7) is 8.28. The summed E-state index contributed by atoms with van der Waals surface area (Å²) in [6, 6.07) is 0. The third kappa shape index (κ3) is 4.47. The van der Waals surface area contributed by atoms with Gasteiger partial charge in [-0.15, -0.1) is 0 Å². The van der Waals surface area contributed by atoms with Gasteiger partial charge < -0.3 is 5.41 Å². The van der Waals surface area contributed by atoms with Crippen LogP contribution in [0.1, 0.15) is 27.7 Å². The van der Waals surface area contributed by atoms with Gasteiger partial charge in [-0.3, -0.25) is 0 Å². The third-order valence-electron chi connectivity index (χ3n) is 2.16. The van der Waals surface area contributed by atoms with Crippen LogP contribution in [0.5, 0.6) is 0 Å².